The molecule has 0 amide bonds. The van der Waals surface area contributed by atoms with Crippen molar-refractivity contribution in [2.45, 2.75) is 13.1 Å². The number of carboxylic acids is 1. The maximum Gasteiger partial charge on any atom is 0.372 e. The van der Waals surface area contributed by atoms with Crippen LogP contribution in [-0.2, 0) is 13.1 Å². The van der Waals surface area contributed by atoms with E-state index in [2.05, 4.69) is 0 Å². The second kappa shape index (κ2) is 5.67. The molecule has 0 atom stereocenters. The van der Waals surface area contributed by atoms with Crippen molar-refractivity contribution in [2.75, 3.05) is 7.05 Å². The van der Waals surface area contributed by atoms with E-state index in [1.54, 1.807) is 12.1 Å². The van der Waals surface area contributed by atoms with Crippen LogP contribution in [0.1, 0.15) is 21.7 Å². The van der Waals surface area contributed by atoms with Crippen molar-refractivity contribution in [1.29, 1.82) is 0 Å². The summed E-state index contributed by atoms with van der Waals surface area (Å²) in [5, 5.41) is 8.93. The van der Waals surface area contributed by atoms with E-state index in [-0.39, 0.29) is 11.6 Å². The van der Waals surface area contributed by atoms with Crippen molar-refractivity contribution in [3.8, 4) is 0 Å². The molecule has 0 unspecified atom stereocenters. The Morgan fingerprint density at radius 3 is 2.84 bits per heavy atom. The van der Waals surface area contributed by atoms with E-state index in [1.807, 2.05) is 18.0 Å². The lowest BCUT2D eigenvalue weighted by molar-refractivity contribution is 0.0659. The number of halogens is 1. The number of benzene rings is 1. The summed E-state index contributed by atoms with van der Waals surface area (Å²) in [6, 6.07) is 7.96. The predicted molar refractivity (Wildman–Crippen MR) is 67.2 cm³/mol. The highest BCUT2D eigenvalue weighted by molar-refractivity contribution is 5.86. The van der Waals surface area contributed by atoms with Crippen LogP contribution in [0, 0.1) is 5.82 Å². The van der Waals surface area contributed by atoms with Gasteiger partial charge in [0.15, 0.2) is 0 Å². The molecule has 0 spiro atoms. The molecule has 0 fully saturated rings. The summed E-state index contributed by atoms with van der Waals surface area (Å²) in [7, 11) is 1.84. The quantitative estimate of drug-likeness (QED) is 0.901. The summed E-state index contributed by atoms with van der Waals surface area (Å²) in [5.74, 6) is -1.41. The van der Waals surface area contributed by atoms with Gasteiger partial charge in [0, 0.05) is 18.7 Å². The molecule has 0 aliphatic heterocycles. The van der Waals surface area contributed by atoms with Gasteiger partial charge in [-0.25, -0.2) is 9.18 Å². The molecule has 2 aromatic rings. The lowest BCUT2D eigenvalue weighted by Gasteiger charge is -2.16. The van der Waals surface area contributed by atoms with Gasteiger partial charge in [-0.2, -0.15) is 0 Å². The van der Waals surface area contributed by atoms with Gasteiger partial charge in [0.05, 0.1) is 6.26 Å². The summed E-state index contributed by atoms with van der Waals surface area (Å²) >= 11 is 0. The van der Waals surface area contributed by atoms with Gasteiger partial charge in [0.25, 0.3) is 0 Å². The number of rotatable bonds is 5. The van der Waals surface area contributed by atoms with Gasteiger partial charge in [-0.1, -0.05) is 12.1 Å². The SMILES string of the molecule is CN(Cc1cccc(F)c1)Cc1ccoc1C(=O)O. The zero-order valence-electron chi connectivity index (χ0n) is 10.5. The monoisotopic (exact) mass is 263 g/mol. The van der Waals surface area contributed by atoms with E-state index in [4.69, 9.17) is 9.52 Å². The molecule has 5 heteroatoms. The molecule has 1 N–H and O–H groups in total. The first-order chi connectivity index (χ1) is 9.06. The fourth-order valence-electron chi connectivity index (χ4n) is 1.94. The van der Waals surface area contributed by atoms with Crippen LogP contribution in [0.5, 0.6) is 0 Å². The molecule has 0 saturated heterocycles. The molecule has 4 nitrogen and oxygen atoms in total. The number of carboxylic acid groups (broad SMARTS) is 1. The molecule has 1 aromatic carbocycles. The summed E-state index contributed by atoms with van der Waals surface area (Å²) < 4.78 is 18.0. The Balaban J connectivity index is 2.03. The molecule has 19 heavy (non-hydrogen) atoms. The fourth-order valence-corrected chi connectivity index (χ4v) is 1.94. The maximum absolute atomic E-state index is 13.1. The standard InChI is InChI=1S/C14H14FNO3/c1-16(8-10-3-2-4-12(15)7-10)9-11-5-6-19-13(11)14(17)18/h2-7H,8-9H2,1H3,(H,17,18). The van der Waals surface area contributed by atoms with Crippen molar-refractivity contribution in [3.63, 3.8) is 0 Å². The molecule has 1 aromatic heterocycles. The van der Waals surface area contributed by atoms with Crippen molar-refractivity contribution < 1.29 is 18.7 Å². The van der Waals surface area contributed by atoms with Crippen molar-refractivity contribution >= 4 is 5.97 Å². The van der Waals surface area contributed by atoms with E-state index in [1.165, 1.54) is 18.4 Å². The number of hydrogen-bond donors (Lipinski definition) is 1. The van der Waals surface area contributed by atoms with Crippen LogP contribution in [0.3, 0.4) is 0 Å². The minimum Gasteiger partial charge on any atom is -0.475 e. The van der Waals surface area contributed by atoms with Gasteiger partial charge < -0.3 is 9.52 Å². The van der Waals surface area contributed by atoms with Crippen LogP contribution in [0.2, 0.25) is 0 Å². The molecule has 2 rings (SSSR count). The van der Waals surface area contributed by atoms with Crippen LogP contribution < -0.4 is 0 Å². The lowest BCUT2D eigenvalue weighted by Crippen LogP contribution is -2.18. The Labute approximate surface area is 110 Å². The molecule has 0 aliphatic carbocycles. The lowest BCUT2D eigenvalue weighted by atomic mass is 10.2. The second-order valence-corrected chi connectivity index (χ2v) is 4.38. The van der Waals surface area contributed by atoms with Crippen LogP contribution in [0.4, 0.5) is 4.39 Å². The first-order valence-corrected chi connectivity index (χ1v) is 5.79. The Kier molecular flexibility index (Phi) is 3.97. The van der Waals surface area contributed by atoms with Crippen molar-refractivity contribution in [2.24, 2.45) is 0 Å². The zero-order chi connectivity index (χ0) is 13.8. The smallest absolute Gasteiger partial charge is 0.372 e. The van der Waals surface area contributed by atoms with E-state index in [0.29, 0.717) is 18.7 Å². The van der Waals surface area contributed by atoms with Crippen LogP contribution in [0.25, 0.3) is 0 Å². The largest absolute Gasteiger partial charge is 0.475 e. The molecule has 0 bridgehead atoms. The van der Waals surface area contributed by atoms with Crippen molar-refractivity contribution in [1.82, 2.24) is 4.90 Å². The molecule has 100 valence electrons. The van der Waals surface area contributed by atoms with Gasteiger partial charge in [0.1, 0.15) is 5.82 Å². The van der Waals surface area contributed by atoms with Gasteiger partial charge in [0.2, 0.25) is 5.76 Å². The first kappa shape index (κ1) is 13.3. The average molecular weight is 263 g/mol. The Hall–Kier alpha value is -2.14. The van der Waals surface area contributed by atoms with Crippen molar-refractivity contribution in [3.05, 3.63) is 59.3 Å². The minimum absolute atomic E-state index is 0.0499. The summed E-state index contributed by atoms with van der Waals surface area (Å²) in [4.78, 5) is 12.8. The molecule has 0 saturated carbocycles. The third-order valence-corrected chi connectivity index (χ3v) is 2.72. The third-order valence-electron chi connectivity index (χ3n) is 2.72. The molecule has 0 aliphatic rings. The molecular formula is C14H14FNO3. The molecular weight excluding hydrogens is 249 g/mol. The van der Waals surface area contributed by atoms with Gasteiger partial charge >= 0.3 is 5.97 Å². The Bertz CT molecular complexity index is 580. The second-order valence-electron chi connectivity index (χ2n) is 4.38. The molecule has 1 heterocycles. The average Bonchev–Trinajstić information content (AvgIpc) is 2.76. The predicted octanol–water partition coefficient (Wildman–Crippen LogP) is 2.75. The number of aromatic carboxylic acids is 1. The highest BCUT2D eigenvalue weighted by Crippen LogP contribution is 2.14. The highest BCUT2D eigenvalue weighted by Gasteiger charge is 2.15. The number of hydrogen-bond acceptors (Lipinski definition) is 3. The third kappa shape index (κ3) is 3.42. The van der Waals surface area contributed by atoms with E-state index in [9.17, 15) is 9.18 Å². The van der Waals surface area contributed by atoms with Crippen LogP contribution in [0.15, 0.2) is 41.0 Å². The molecule has 0 radical (unpaired) electrons. The van der Waals surface area contributed by atoms with E-state index >= 15 is 0 Å². The highest BCUT2D eigenvalue weighted by atomic mass is 19.1. The van der Waals surface area contributed by atoms with Gasteiger partial charge in [-0.3, -0.25) is 4.90 Å². The number of carbonyl (C=O) groups is 1. The topological polar surface area (TPSA) is 53.7 Å². The number of nitrogens with zero attached hydrogens (tertiary/aromatic N) is 1. The Morgan fingerprint density at radius 1 is 1.37 bits per heavy atom. The van der Waals surface area contributed by atoms with E-state index < -0.39 is 5.97 Å². The summed E-state index contributed by atoms with van der Waals surface area (Å²) in [6.45, 7) is 0.955. The summed E-state index contributed by atoms with van der Waals surface area (Å²) in [5.41, 5.74) is 1.44. The normalized spacial score (nSPS) is 10.9. The Morgan fingerprint density at radius 2 is 2.16 bits per heavy atom. The number of furan rings is 1. The van der Waals surface area contributed by atoms with E-state index in [0.717, 1.165) is 5.56 Å². The van der Waals surface area contributed by atoms with Gasteiger partial charge in [-0.15, -0.1) is 0 Å². The van der Waals surface area contributed by atoms with Gasteiger partial charge in [-0.05, 0) is 30.8 Å². The fraction of sp³-hybridized carbons (Fsp3) is 0.214. The van der Waals surface area contributed by atoms with Crippen LogP contribution in [-0.4, -0.2) is 23.0 Å². The zero-order valence-corrected chi connectivity index (χ0v) is 10.5. The summed E-state index contributed by atoms with van der Waals surface area (Å²) in [6.07, 6.45) is 1.36. The maximum atomic E-state index is 13.1. The minimum atomic E-state index is -1.08. The first-order valence-electron chi connectivity index (χ1n) is 5.79. The van der Waals surface area contributed by atoms with Crippen LogP contribution >= 0.6 is 0 Å².